The van der Waals surface area contributed by atoms with E-state index in [1.54, 1.807) is 24.0 Å². The number of hydrogen-bond acceptors (Lipinski definition) is 4. The first kappa shape index (κ1) is 13.3. The number of hydrogen-bond donors (Lipinski definition) is 0. The van der Waals surface area contributed by atoms with Gasteiger partial charge in [0.25, 0.3) is 0 Å². The van der Waals surface area contributed by atoms with Gasteiger partial charge in [-0.05, 0) is 31.5 Å². The van der Waals surface area contributed by atoms with Gasteiger partial charge in [0.2, 0.25) is 0 Å². The molecule has 0 unspecified atom stereocenters. The van der Waals surface area contributed by atoms with Crippen LogP contribution < -0.4 is 4.74 Å². The van der Waals surface area contributed by atoms with Gasteiger partial charge < -0.3 is 4.74 Å². The number of benzene rings is 1. The van der Waals surface area contributed by atoms with E-state index in [4.69, 9.17) is 4.74 Å². The fourth-order valence-electron chi connectivity index (χ4n) is 2.36. The zero-order valence-electron chi connectivity index (χ0n) is 12.1. The van der Waals surface area contributed by atoms with Crippen LogP contribution >= 0.6 is 0 Å². The minimum atomic E-state index is -0.0107. The second kappa shape index (κ2) is 5.01. The molecule has 0 fully saturated rings. The summed E-state index contributed by atoms with van der Waals surface area (Å²) in [7, 11) is 1.64. The van der Waals surface area contributed by atoms with E-state index in [1.807, 2.05) is 31.2 Å². The minimum Gasteiger partial charge on any atom is -0.497 e. The van der Waals surface area contributed by atoms with E-state index in [0.717, 1.165) is 28.2 Å². The summed E-state index contributed by atoms with van der Waals surface area (Å²) in [5, 5.41) is 4.35. The van der Waals surface area contributed by atoms with Gasteiger partial charge in [-0.25, -0.2) is 9.50 Å². The molecule has 0 spiro atoms. The van der Waals surface area contributed by atoms with Crippen LogP contribution in [0.5, 0.6) is 5.75 Å². The molecule has 106 valence electrons. The summed E-state index contributed by atoms with van der Waals surface area (Å²) in [5.74, 6) is 0.793. The monoisotopic (exact) mass is 281 g/mol. The highest BCUT2D eigenvalue weighted by atomic mass is 16.5. The lowest BCUT2D eigenvalue weighted by Crippen LogP contribution is -2.05. The lowest BCUT2D eigenvalue weighted by molar-refractivity contribution is 0.101. The van der Waals surface area contributed by atoms with Crippen LogP contribution in [-0.4, -0.2) is 27.5 Å². The zero-order valence-corrected chi connectivity index (χ0v) is 12.1. The average molecular weight is 281 g/mol. The first-order valence-corrected chi connectivity index (χ1v) is 6.60. The Morgan fingerprint density at radius 2 is 1.90 bits per heavy atom. The molecule has 1 aromatic carbocycles. The zero-order chi connectivity index (χ0) is 15.0. The van der Waals surface area contributed by atoms with Crippen LogP contribution in [0.2, 0.25) is 0 Å². The summed E-state index contributed by atoms with van der Waals surface area (Å²) in [4.78, 5) is 16.0. The van der Waals surface area contributed by atoms with Gasteiger partial charge in [-0.1, -0.05) is 12.1 Å². The maximum atomic E-state index is 11.6. The van der Waals surface area contributed by atoms with Crippen LogP contribution in [0.3, 0.4) is 0 Å². The van der Waals surface area contributed by atoms with E-state index in [-0.39, 0.29) is 5.78 Å². The highest BCUT2D eigenvalue weighted by molar-refractivity contribution is 5.95. The molecule has 0 aliphatic carbocycles. The standard InChI is InChI=1S/C16H15N3O2/c1-10-14(11(2)20)8-17-16-15(9-18-19(10)16)12-4-6-13(21-3)7-5-12/h4-9H,1-3H3. The Kier molecular flexibility index (Phi) is 3.17. The smallest absolute Gasteiger partial charge is 0.163 e. The molecular formula is C16H15N3O2. The summed E-state index contributed by atoms with van der Waals surface area (Å²) in [5.41, 5.74) is 4.06. The van der Waals surface area contributed by atoms with Crippen molar-refractivity contribution in [1.29, 1.82) is 0 Å². The predicted octanol–water partition coefficient (Wildman–Crippen LogP) is 2.92. The fourth-order valence-corrected chi connectivity index (χ4v) is 2.36. The summed E-state index contributed by atoms with van der Waals surface area (Å²) in [6.45, 7) is 3.40. The number of nitrogens with zero attached hydrogens (tertiary/aromatic N) is 3. The van der Waals surface area contributed by atoms with Crippen LogP contribution in [0.1, 0.15) is 23.0 Å². The number of ether oxygens (including phenoxy) is 1. The summed E-state index contributed by atoms with van der Waals surface area (Å²) < 4.78 is 6.87. The molecule has 0 bridgehead atoms. The molecule has 5 nitrogen and oxygen atoms in total. The number of methoxy groups -OCH3 is 1. The third-order valence-electron chi connectivity index (χ3n) is 3.55. The fraction of sp³-hybridized carbons (Fsp3) is 0.188. The van der Waals surface area contributed by atoms with Crippen molar-refractivity contribution < 1.29 is 9.53 Å². The maximum absolute atomic E-state index is 11.6. The third kappa shape index (κ3) is 2.16. The first-order chi connectivity index (χ1) is 10.1. The Bertz CT molecular complexity index is 819. The number of ketones is 1. The number of Topliss-reactive ketones (excluding diaryl/α,β-unsaturated/α-hetero) is 1. The van der Waals surface area contributed by atoms with E-state index in [9.17, 15) is 4.79 Å². The number of rotatable bonds is 3. The van der Waals surface area contributed by atoms with E-state index >= 15 is 0 Å². The molecule has 0 amide bonds. The molecule has 0 atom stereocenters. The number of carbonyl (C=O) groups excluding carboxylic acids is 1. The molecule has 21 heavy (non-hydrogen) atoms. The van der Waals surface area contributed by atoms with E-state index < -0.39 is 0 Å². The molecule has 0 aliphatic rings. The van der Waals surface area contributed by atoms with Crippen LogP contribution in [0.15, 0.2) is 36.7 Å². The predicted molar refractivity (Wildman–Crippen MR) is 79.7 cm³/mol. The van der Waals surface area contributed by atoms with Crippen LogP contribution in [-0.2, 0) is 0 Å². The molecule has 0 saturated heterocycles. The van der Waals surface area contributed by atoms with Gasteiger partial charge >= 0.3 is 0 Å². The van der Waals surface area contributed by atoms with E-state index in [0.29, 0.717) is 5.56 Å². The quantitative estimate of drug-likeness (QED) is 0.693. The molecular weight excluding hydrogens is 266 g/mol. The Balaban J connectivity index is 2.16. The largest absolute Gasteiger partial charge is 0.497 e. The molecule has 0 saturated carbocycles. The van der Waals surface area contributed by atoms with Gasteiger partial charge in [-0.15, -0.1) is 0 Å². The summed E-state index contributed by atoms with van der Waals surface area (Å²) in [6.07, 6.45) is 3.38. The van der Waals surface area contributed by atoms with Crippen LogP contribution in [0, 0.1) is 6.92 Å². The highest BCUT2D eigenvalue weighted by Crippen LogP contribution is 2.26. The normalized spacial score (nSPS) is 10.8. The molecule has 2 aromatic heterocycles. The number of aromatic nitrogens is 3. The summed E-state index contributed by atoms with van der Waals surface area (Å²) in [6, 6.07) is 7.72. The topological polar surface area (TPSA) is 56.5 Å². The van der Waals surface area contributed by atoms with Crippen molar-refractivity contribution in [3.05, 3.63) is 47.9 Å². The van der Waals surface area contributed by atoms with Crippen LogP contribution in [0.4, 0.5) is 0 Å². The molecule has 0 aliphatic heterocycles. The highest BCUT2D eigenvalue weighted by Gasteiger charge is 2.13. The molecule has 0 radical (unpaired) electrons. The molecule has 3 rings (SSSR count). The number of fused-ring (bicyclic) bond motifs is 1. The summed E-state index contributed by atoms with van der Waals surface area (Å²) >= 11 is 0. The van der Waals surface area contributed by atoms with Crippen molar-refractivity contribution in [2.45, 2.75) is 13.8 Å². The lowest BCUT2D eigenvalue weighted by atomic mass is 10.1. The number of carbonyl (C=O) groups is 1. The van der Waals surface area contributed by atoms with Crippen molar-refractivity contribution in [2.24, 2.45) is 0 Å². The Labute approximate surface area is 122 Å². The number of aryl methyl sites for hydroxylation is 1. The van der Waals surface area contributed by atoms with E-state index in [2.05, 4.69) is 10.1 Å². The Morgan fingerprint density at radius 3 is 2.52 bits per heavy atom. The molecule has 3 aromatic rings. The van der Waals surface area contributed by atoms with Crippen molar-refractivity contribution in [3.8, 4) is 16.9 Å². The van der Waals surface area contributed by atoms with Crippen LogP contribution in [0.25, 0.3) is 16.8 Å². The van der Waals surface area contributed by atoms with Crippen molar-refractivity contribution in [2.75, 3.05) is 7.11 Å². The SMILES string of the molecule is COc1ccc(-c2cnn3c(C)c(C(C)=O)cnc23)cc1. The molecule has 5 heteroatoms. The second-order valence-electron chi connectivity index (χ2n) is 4.84. The minimum absolute atomic E-state index is 0.0107. The average Bonchev–Trinajstić information content (AvgIpc) is 2.92. The van der Waals surface area contributed by atoms with Gasteiger partial charge in [0.15, 0.2) is 11.4 Å². The van der Waals surface area contributed by atoms with Crippen molar-refractivity contribution in [3.63, 3.8) is 0 Å². The van der Waals surface area contributed by atoms with Gasteiger partial charge in [0.05, 0.1) is 24.6 Å². The molecule has 2 heterocycles. The first-order valence-electron chi connectivity index (χ1n) is 6.60. The maximum Gasteiger partial charge on any atom is 0.163 e. The Hall–Kier alpha value is -2.69. The van der Waals surface area contributed by atoms with Gasteiger partial charge in [0, 0.05) is 11.8 Å². The van der Waals surface area contributed by atoms with E-state index in [1.165, 1.54) is 6.92 Å². The molecule has 0 N–H and O–H groups in total. The third-order valence-corrected chi connectivity index (χ3v) is 3.55. The van der Waals surface area contributed by atoms with Gasteiger partial charge in [-0.2, -0.15) is 5.10 Å². The lowest BCUT2D eigenvalue weighted by Gasteiger charge is -2.05. The second-order valence-corrected chi connectivity index (χ2v) is 4.84. The van der Waals surface area contributed by atoms with Gasteiger partial charge in [0.1, 0.15) is 5.75 Å². The van der Waals surface area contributed by atoms with Gasteiger partial charge in [-0.3, -0.25) is 4.79 Å². The van der Waals surface area contributed by atoms with Crippen molar-refractivity contribution >= 4 is 11.4 Å². The van der Waals surface area contributed by atoms with Crippen molar-refractivity contribution in [1.82, 2.24) is 14.6 Å². The Morgan fingerprint density at radius 1 is 1.19 bits per heavy atom.